The van der Waals surface area contributed by atoms with Crippen LogP contribution in [0.4, 0.5) is 4.79 Å². The largest absolute Gasteiger partial charge is 0.445 e. The second-order valence-electron chi connectivity index (χ2n) is 4.21. The minimum atomic E-state index is -0.331. The summed E-state index contributed by atoms with van der Waals surface area (Å²) >= 11 is 0. The van der Waals surface area contributed by atoms with E-state index in [9.17, 15) is 4.79 Å². The molecule has 1 fully saturated rings. The fourth-order valence-electron chi connectivity index (χ4n) is 1.88. The van der Waals surface area contributed by atoms with Gasteiger partial charge in [-0.3, -0.25) is 0 Å². The van der Waals surface area contributed by atoms with Crippen LogP contribution in [-0.2, 0) is 11.3 Å². The third-order valence-electron chi connectivity index (χ3n) is 2.81. The summed E-state index contributed by atoms with van der Waals surface area (Å²) in [6, 6.07) is 9.81. The molecule has 0 aromatic heterocycles. The minimum absolute atomic E-state index is 0.0134. The zero-order chi connectivity index (χ0) is 11.9. The van der Waals surface area contributed by atoms with Crippen LogP contribution in [0, 0.1) is 0 Å². The summed E-state index contributed by atoms with van der Waals surface area (Å²) in [7, 11) is 0. The van der Waals surface area contributed by atoms with Crippen molar-refractivity contribution in [2.24, 2.45) is 0 Å². The Labute approximate surface area is 101 Å². The molecule has 0 saturated carbocycles. The Kier molecular flexibility index (Phi) is 4.38. The Bertz CT molecular complexity index is 348. The topological polar surface area (TPSA) is 50.4 Å². The van der Waals surface area contributed by atoms with Crippen molar-refractivity contribution >= 4 is 6.09 Å². The smallest absolute Gasteiger partial charge is 0.407 e. The molecule has 17 heavy (non-hydrogen) atoms. The quantitative estimate of drug-likeness (QED) is 0.836. The lowest BCUT2D eigenvalue weighted by molar-refractivity contribution is 0.0821. The summed E-state index contributed by atoms with van der Waals surface area (Å²) in [4.78, 5) is 11.5. The molecule has 1 atom stereocenters. The van der Waals surface area contributed by atoms with Crippen molar-refractivity contribution in [3.63, 3.8) is 0 Å². The maximum absolute atomic E-state index is 11.5. The average Bonchev–Trinajstić information content (AvgIpc) is 2.39. The first-order valence-corrected chi connectivity index (χ1v) is 6.04. The van der Waals surface area contributed by atoms with Gasteiger partial charge in [-0.15, -0.1) is 0 Å². The van der Waals surface area contributed by atoms with Gasteiger partial charge in [0.15, 0.2) is 0 Å². The van der Waals surface area contributed by atoms with Gasteiger partial charge in [0.2, 0.25) is 0 Å². The highest BCUT2D eigenvalue weighted by molar-refractivity contribution is 5.67. The standard InChI is InChI=1S/C13H18N2O2/c16-13(17-12-7-4-8-14-10-12)15-9-11-5-2-1-3-6-11/h1-3,5-6,12,14H,4,7-10H2,(H,15,16). The zero-order valence-electron chi connectivity index (χ0n) is 9.82. The van der Waals surface area contributed by atoms with Crippen LogP contribution in [0.5, 0.6) is 0 Å². The molecule has 1 aliphatic rings. The second-order valence-corrected chi connectivity index (χ2v) is 4.21. The highest BCUT2D eigenvalue weighted by Gasteiger charge is 2.16. The molecular weight excluding hydrogens is 216 g/mol. The zero-order valence-corrected chi connectivity index (χ0v) is 9.82. The fourth-order valence-corrected chi connectivity index (χ4v) is 1.88. The summed E-state index contributed by atoms with van der Waals surface area (Å²) < 4.78 is 5.30. The number of hydrogen-bond acceptors (Lipinski definition) is 3. The van der Waals surface area contributed by atoms with E-state index in [0.717, 1.165) is 31.5 Å². The summed E-state index contributed by atoms with van der Waals surface area (Å²) in [5, 5.41) is 5.97. The molecule has 2 rings (SSSR count). The first kappa shape index (κ1) is 11.9. The first-order valence-electron chi connectivity index (χ1n) is 6.04. The molecule has 1 amide bonds. The number of nitrogens with one attached hydrogen (secondary N) is 2. The van der Waals surface area contributed by atoms with Crippen LogP contribution in [-0.4, -0.2) is 25.3 Å². The van der Waals surface area contributed by atoms with Crippen molar-refractivity contribution in [1.29, 1.82) is 0 Å². The first-order chi connectivity index (χ1) is 8.34. The summed E-state index contributed by atoms with van der Waals surface area (Å²) in [5.41, 5.74) is 1.08. The van der Waals surface area contributed by atoms with E-state index in [1.165, 1.54) is 0 Å². The molecule has 1 aromatic rings. The van der Waals surface area contributed by atoms with Crippen molar-refractivity contribution in [1.82, 2.24) is 10.6 Å². The van der Waals surface area contributed by atoms with Gasteiger partial charge in [0.1, 0.15) is 6.10 Å². The Hall–Kier alpha value is -1.55. The van der Waals surface area contributed by atoms with Crippen LogP contribution >= 0.6 is 0 Å². The van der Waals surface area contributed by atoms with E-state index < -0.39 is 0 Å². The Morgan fingerprint density at radius 1 is 1.41 bits per heavy atom. The molecule has 4 nitrogen and oxygen atoms in total. The number of rotatable bonds is 3. The van der Waals surface area contributed by atoms with Gasteiger partial charge in [-0.1, -0.05) is 30.3 Å². The predicted octanol–water partition coefficient (Wildman–Crippen LogP) is 1.66. The third-order valence-corrected chi connectivity index (χ3v) is 2.81. The number of piperidine rings is 1. The molecular formula is C13H18N2O2. The Morgan fingerprint density at radius 3 is 2.94 bits per heavy atom. The SMILES string of the molecule is O=C(NCc1ccccc1)OC1CCCNC1. The number of carbonyl (C=O) groups is 1. The van der Waals surface area contributed by atoms with E-state index in [4.69, 9.17) is 4.74 Å². The minimum Gasteiger partial charge on any atom is -0.445 e. The van der Waals surface area contributed by atoms with Crippen LogP contribution in [0.3, 0.4) is 0 Å². The molecule has 0 bridgehead atoms. The predicted molar refractivity (Wildman–Crippen MR) is 65.7 cm³/mol. The molecule has 92 valence electrons. The highest BCUT2D eigenvalue weighted by Crippen LogP contribution is 2.06. The molecule has 1 aliphatic heterocycles. The summed E-state index contributed by atoms with van der Waals surface area (Å²) in [6.45, 7) is 2.30. The lowest BCUT2D eigenvalue weighted by Gasteiger charge is -2.22. The molecule has 2 N–H and O–H groups in total. The molecule has 0 spiro atoms. The van der Waals surface area contributed by atoms with Gasteiger partial charge >= 0.3 is 6.09 Å². The van der Waals surface area contributed by atoms with Gasteiger partial charge in [-0.2, -0.15) is 0 Å². The van der Waals surface area contributed by atoms with Crippen LogP contribution in [0.25, 0.3) is 0 Å². The van der Waals surface area contributed by atoms with Crippen molar-refractivity contribution < 1.29 is 9.53 Å². The lowest BCUT2D eigenvalue weighted by Crippen LogP contribution is -2.39. The van der Waals surface area contributed by atoms with E-state index in [1.54, 1.807) is 0 Å². The molecule has 1 unspecified atom stereocenters. The van der Waals surface area contributed by atoms with Gasteiger partial charge in [-0.05, 0) is 24.9 Å². The normalized spacial score (nSPS) is 19.6. The van der Waals surface area contributed by atoms with Crippen LogP contribution in [0.2, 0.25) is 0 Å². The van der Waals surface area contributed by atoms with Crippen LogP contribution in [0.15, 0.2) is 30.3 Å². The molecule has 0 radical (unpaired) electrons. The number of amides is 1. The van der Waals surface area contributed by atoms with E-state index >= 15 is 0 Å². The Balaban J connectivity index is 1.70. The van der Waals surface area contributed by atoms with Crippen molar-refractivity contribution in [2.45, 2.75) is 25.5 Å². The van der Waals surface area contributed by atoms with Gasteiger partial charge in [0, 0.05) is 13.1 Å². The average molecular weight is 234 g/mol. The number of carbonyl (C=O) groups excluding carboxylic acids is 1. The highest BCUT2D eigenvalue weighted by atomic mass is 16.6. The summed E-state index contributed by atoms with van der Waals surface area (Å²) in [5.74, 6) is 0. The molecule has 4 heteroatoms. The lowest BCUT2D eigenvalue weighted by atomic mass is 10.1. The molecule has 1 aromatic carbocycles. The Morgan fingerprint density at radius 2 is 2.24 bits per heavy atom. The van der Waals surface area contributed by atoms with Crippen LogP contribution in [0.1, 0.15) is 18.4 Å². The van der Waals surface area contributed by atoms with Gasteiger partial charge in [0.05, 0.1) is 0 Å². The van der Waals surface area contributed by atoms with E-state index in [-0.39, 0.29) is 12.2 Å². The maximum atomic E-state index is 11.5. The van der Waals surface area contributed by atoms with Crippen molar-refractivity contribution in [2.75, 3.05) is 13.1 Å². The second kappa shape index (κ2) is 6.25. The van der Waals surface area contributed by atoms with Gasteiger partial charge < -0.3 is 15.4 Å². The van der Waals surface area contributed by atoms with Crippen molar-refractivity contribution in [3.05, 3.63) is 35.9 Å². The summed E-state index contributed by atoms with van der Waals surface area (Å²) in [6.07, 6.45) is 1.70. The monoisotopic (exact) mass is 234 g/mol. The number of alkyl carbamates (subject to hydrolysis) is 1. The van der Waals surface area contributed by atoms with E-state index in [1.807, 2.05) is 30.3 Å². The third kappa shape index (κ3) is 4.07. The molecule has 0 aliphatic carbocycles. The molecule has 1 heterocycles. The number of benzene rings is 1. The van der Waals surface area contributed by atoms with Crippen LogP contribution < -0.4 is 10.6 Å². The van der Waals surface area contributed by atoms with Gasteiger partial charge in [-0.25, -0.2) is 4.79 Å². The maximum Gasteiger partial charge on any atom is 0.407 e. The number of hydrogen-bond donors (Lipinski definition) is 2. The number of ether oxygens (including phenoxy) is 1. The molecule has 1 saturated heterocycles. The van der Waals surface area contributed by atoms with E-state index in [0.29, 0.717) is 6.54 Å². The fraction of sp³-hybridized carbons (Fsp3) is 0.462. The van der Waals surface area contributed by atoms with Crippen molar-refractivity contribution in [3.8, 4) is 0 Å². The van der Waals surface area contributed by atoms with E-state index in [2.05, 4.69) is 10.6 Å². The van der Waals surface area contributed by atoms with Gasteiger partial charge in [0.25, 0.3) is 0 Å².